The number of rotatable bonds is 7. The van der Waals surface area contributed by atoms with Gasteiger partial charge in [0.25, 0.3) is 0 Å². The van der Waals surface area contributed by atoms with Crippen LogP contribution in [-0.2, 0) is 11.2 Å². The smallest absolute Gasteiger partial charge is 0.309 e. The summed E-state index contributed by atoms with van der Waals surface area (Å²) in [6.45, 7) is 6.81. The number of carbonyl (C=O) groups is 1. The Morgan fingerprint density at radius 1 is 1.15 bits per heavy atom. The van der Waals surface area contributed by atoms with Gasteiger partial charge < -0.3 is 14.9 Å². The number of hydrogen-bond donors (Lipinski definition) is 2. The maximum Gasteiger partial charge on any atom is 0.309 e. The quantitative estimate of drug-likeness (QED) is 0.732. The van der Waals surface area contributed by atoms with Crippen LogP contribution in [0.25, 0.3) is 0 Å². The minimum absolute atomic E-state index is 0.0301. The molecular formula is C21H25ClO4. The van der Waals surface area contributed by atoms with Gasteiger partial charge in [-0.2, -0.15) is 0 Å². The summed E-state index contributed by atoms with van der Waals surface area (Å²) in [7, 11) is 0. The van der Waals surface area contributed by atoms with Crippen molar-refractivity contribution in [2.45, 2.75) is 33.3 Å². The first-order valence-corrected chi connectivity index (χ1v) is 8.91. The minimum Gasteiger partial charge on any atom is -0.493 e. The molecule has 0 fully saturated rings. The van der Waals surface area contributed by atoms with Crippen molar-refractivity contribution in [2.24, 2.45) is 11.3 Å². The number of halogens is 1. The van der Waals surface area contributed by atoms with Gasteiger partial charge in [-0.15, -0.1) is 0 Å². The van der Waals surface area contributed by atoms with E-state index in [-0.39, 0.29) is 11.8 Å². The summed E-state index contributed by atoms with van der Waals surface area (Å²) in [5, 5.41) is 20.6. The van der Waals surface area contributed by atoms with E-state index >= 15 is 0 Å². The molecule has 2 aromatic carbocycles. The second kappa shape index (κ2) is 8.56. The average Bonchev–Trinajstić information content (AvgIpc) is 2.57. The second-order valence-corrected chi connectivity index (χ2v) is 8.08. The molecule has 2 N–H and O–H groups in total. The first kappa shape index (κ1) is 20.3. The minimum atomic E-state index is -1.15. The molecule has 2 rings (SSSR count). The zero-order chi connectivity index (χ0) is 19.3. The second-order valence-electron chi connectivity index (χ2n) is 7.65. The normalized spacial score (nSPS) is 13.9. The van der Waals surface area contributed by atoms with Crippen molar-refractivity contribution in [3.8, 4) is 5.75 Å². The number of aliphatic hydroxyl groups excluding tert-OH is 1. The van der Waals surface area contributed by atoms with Gasteiger partial charge >= 0.3 is 5.97 Å². The van der Waals surface area contributed by atoms with Gasteiger partial charge in [0, 0.05) is 5.02 Å². The Morgan fingerprint density at radius 2 is 1.85 bits per heavy atom. The number of benzene rings is 2. The molecule has 2 aromatic rings. The summed E-state index contributed by atoms with van der Waals surface area (Å²) in [6, 6.07) is 14.0. The van der Waals surface area contributed by atoms with Crippen molar-refractivity contribution in [1.29, 1.82) is 0 Å². The fourth-order valence-electron chi connectivity index (χ4n) is 2.57. The van der Waals surface area contributed by atoms with Crippen LogP contribution in [0.2, 0.25) is 5.02 Å². The van der Waals surface area contributed by atoms with Crippen LogP contribution in [0.3, 0.4) is 0 Å². The molecule has 0 amide bonds. The standard InChI is InChI=1S/C21H25ClO4/c1-21(2,3)13-26-17-9-4-6-14(10-17)11-18(20(24)25)19(23)15-7-5-8-16(22)12-15/h4-10,12,18-19,23H,11,13H2,1-3H3,(H,24,25). The fraction of sp³-hybridized carbons (Fsp3) is 0.381. The third kappa shape index (κ3) is 6.04. The van der Waals surface area contributed by atoms with Gasteiger partial charge in [-0.25, -0.2) is 0 Å². The summed E-state index contributed by atoms with van der Waals surface area (Å²) in [5.41, 5.74) is 1.32. The van der Waals surface area contributed by atoms with E-state index in [0.717, 1.165) is 5.56 Å². The maximum absolute atomic E-state index is 11.7. The van der Waals surface area contributed by atoms with Gasteiger partial charge in [0.05, 0.1) is 18.6 Å². The molecule has 4 nitrogen and oxygen atoms in total. The van der Waals surface area contributed by atoms with Crippen LogP contribution >= 0.6 is 11.6 Å². The van der Waals surface area contributed by atoms with Crippen LogP contribution < -0.4 is 4.74 Å². The number of aliphatic hydroxyl groups is 1. The van der Waals surface area contributed by atoms with Crippen LogP contribution in [-0.4, -0.2) is 22.8 Å². The zero-order valence-electron chi connectivity index (χ0n) is 15.3. The molecule has 0 saturated carbocycles. The highest BCUT2D eigenvalue weighted by molar-refractivity contribution is 6.30. The molecular weight excluding hydrogens is 352 g/mol. The van der Waals surface area contributed by atoms with E-state index < -0.39 is 18.0 Å². The third-order valence-corrected chi connectivity index (χ3v) is 4.15. The van der Waals surface area contributed by atoms with E-state index in [4.69, 9.17) is 16.3 Å². The SMILES string of the molecule is CC(C)(C)COc1cccc(CC(C(=O)O)C(O)c2cccc(Cl)c2)c1. The molecule has 0 bridgehead atoms. The molecule has 2 atom stereocenters. The molecule has 0 aliphatic rings. The van der Waals surface area contributed by atoms with Gasteiger partial charge in [-0.05, 0) is 47.2 Å². The van der Waals surface area contributed by atoms with Crippen LogP contribution in [0.15, 0.2) is 48.5 Å². The van der Waals surface area contributed by atoms with Crippen molar-refractivity contribution < 1.29 is 19.7 Å². The Kier molecular flexibility index (Phi) is 6.68. The van der Waals surface area contributed by atoms with E-state index in [0.29, 0.717) is 22.9 Å². The van der Waals surface area contributed by atoms with Crippen LogP contribution in [0.5, 0.6) is 5.75 Å². The molecule has 5 heteroatoms. The van der Waals surface area contributed by atoms with Crippen molar-refractivity contribution in [1.82, 2.24) is 0 Å². The Bertz CT molecular complexity index is 752. The Balaban J connectivity index is 2.16. The molecule has 0 radical (unpaired) electrons. The average molecular weight is 377 g/mol. The zero-order valence-corrected chi connectivity index (χ0v) is 16.0. The summed E-state index contributed by atoms with van der Waals surface area (Å²) in [6.07, 6.45) is -0.958. The topological polar surface area (TPSA) is 66.8 Å². The first-order valence-electron chi connectivity index (χ1n) is 8.54. The Morgan fingerprint density at radius 3 is 2.46 bits per heavy atom. The summed E-state index contributed by atoms with van der Waals surface area (Å²) < 4.78 is 5.79. The Hall–Kier alpha value is -2.04. The number of hydrogen-bond acceptors (Lipinski definition) is 3. The van der Waals surface area contributed by atoms with Gasteiger partial charge in [0.15, 0.2) is 0 Å². The molecule has 0 spiro atoms. The fourth-order valence-corrected chi connectivity index (χ4v) is 2.77. The summed E-state index contributed by atoms with van der Waals surface area (Å²) in [5.74, 6) is -1.34. The van der Waals surface area contributed by atoms with E-state index in [1.165, 1.54) is 0 Å². The lowest BCUT2D eigenvalue weighted by Crippen LogP contribution is -2.24. The van der Waals surface area contributed by atoms with Gasteiger partial charge in [-0.3, -0.25) is 4.79 Å². The highest BCUT2D eigenvalue weighted by atomic mass is 35.5. The molecule has 0 saturated heterocycles. The Labute approximate surface area is 159 Å². The number of carboxylic acid groups (broad SMARTS) is 1. The van der Waals surface area contributed by atoms with Crippen molar-refractivity contribution >= 4 is 17.6 Å². The lowest BCUT2D eigenvalue weighted by Gasteiger charge is -2.21. The molecule has 2 unspecified atom stereocenters. The lowest BCUT2D eigenvalue weighted by atomic mass is 9.90. The highest BCUT2D eigenvalue weighted by Gasteiger charge is 2.28. The molecule has 140 valence electrons. The van der Waals surface area contributed by atoms with Gasteiger partial charge in [0.1, 0.15) is 5.75 Å². The van der Waals surface area contributed by atoms with Crippen molar-refractivity contribution in [3.63, 3.8) is 0 Å². The van der Waals surface area contributed by atoms with E-state index in [1.807, 2.05) is 24.3 Å². The summed E-state index contributed by atoms with van der Waals surface area (Å²) >= 11 is 5.95. The number of carboxylic acids is 1. The summed E-state index contributed by atoms with van der Waals surface area (Å²) in [4.78, 5) is 11.7. The number of ether oxygens (including phenoxy) is 1. The van der Waals surface area contributed by atoms with E-state index in [9.17, 15) is 15.0 Å². The highest BCUT2D eigenvalue weighted by Crippen LogP contribution is 2.28. The molecule has 0 aliphatic heterocycles. The van der Waals surface area contributed by atoms with Crippen molar-refractivity contribution in [2.75, 3.05) is 6.61 Å². The van der Waals surface area contributed by atoms with E-state index in [1.54, 1.807) is 24.3 Å². The van der Waals surface area contributed by atoms with Gasteiger partial charge in [-0.1, -0.05) is 56.6 Å². The molecule has 26 heavy (non-hydrogen) atoms. The lowest BCUT2D eigenvalue weighted by molar-refractivity contribution is -0.145. The maximum atomic E-state index is 11.7. The monoisotopic (exact) mass is 376 g/mol. The number of aliphatic carboxylic acids is 1. The van der Waals surface area contributed by atoms with E-state index in [2.05, 4.69) is 20.8 Å². The van der Waals surface area contributed by atoms with Crippen molar-refractivity contribution in [3.05, 3.63) is 64.7 Å². The third-order valence-electron chi connectivity index (χ3n) is 3.91. The molecule has 0 aliphatic carbocycles. The molecule has 0 aromatic heterocycles. The predicted octanol–water partition coefficient (Wildman–Crippen LogP) is 4.74. The largest absolute Gasteiger partial charge is 0.493 e. The van der Waals surface area contributed by atoms with Crippen LogP contribution in [0.1, 0.15) is 38.0 Å². The van der Waals surface area contributed by atoms with Crippen LogP contribution in [0, 0.1) is 11.3 Å². The molecule has 0 heterocycles. The predicted molar refractivity (Wildman–Crippen MR) is 103 cm³/mol. The van der Waals surface area contributed by atoms with Crippen LogP contribution in [0.4, 0.5) is 0 Å². The van der Waals surface area contributed by atoms with Gasteiger partial charge in [0.2, 0.25) is 0 Å². The first-order chi connectivity index (χ1) is 12.2.